The summed E-state index contributed by atoms with van der Waals surface area (Å²) in [6, 6.07) is 11.7. The van der Waals surface area contributed by atoms with E-state index in [0.29, 0.717) is 17.7 Å². The first-order valence-corrected chi connectivity index (χ1v) is 10.0. The normalized spacial score (nSPS) is 15.9. The largest absolute Gasteiger partial charge is 0.351 e. The number of aromatic amines is 1. The minimum absolute atomic E-state index is 0.0485. The van der Waals surface area contributed by atoms with Crippen molar-refractivity contribution >= 4 is 22.5 Å². The number of aromatic nitrogens is 1. The van der Waals surface area contributed by atoms with Crippen molar-refractivity contribution in [1.82, 2.24) is 9.88 Å². The second-order valence-corrected chi connectivity index (χ2v) is 8.01. The van der Waals surface area contributed by atoms with Crippen molar-refractivity contribution in [3.05, 3.63) is 65.4 Å². The molecule has 4 rings (SSSR count). The summed E-state index contributed by atoms with van der Waals surface area (Å²) in [5.74, 6) is -1.42. The van der Waals surface area contributed by atoms with E-state index in [1.807, 2.05) is 6.07 Å². The molecule has 2 N–H and O–H groups in total. The predicted molar refractivity (Wildman–Crippen MR) is 111 cm³/mol. The van der Waals surface area contributed by atoms with Crippen molar-refractivity contribution in [2.45, 2.75) is 38.6 Å². The average Bonchev–Trinajstić information content (AvgIpc) is 3.13. The lowest BCUT2D eigenvalue weighted by Crippen LogP contribution is -2.37. The third-order valence-electron chi connectivity index (χ3n) is 5.80. The molecule has 1 amide bonds. The Morgan fingerprint density at radius 1 is 1.10 bits per heavy atom. The van der Waals surface area contributed by atoms with Gasteiger partial charge in [0.25, 0.3) is 5.91 Å². The third kappa shape index (κ3) is 4.17. The van der Waals surface area contributed by atoms with Gasteiger partial charge in [-0.15, -0.1) is 0 Å². The summed E-state index contributed by atoms with van der Waals surface area (Å²) < 4.78 is 26.8. The van der Waals surface area contributed by atoms with Crippen LogP contribution in [0.3, 0.4) is 0 Å². The number of hydrogen-bond acceptors (Lipinski definition) is 2. The Hall–Kier alpha value is -2.73. The van der Waals surface area contributed by atoms with Gasteiger partial charge in [-0.05, 0) is 81.6 Å². The highest BCUT2D eigenvalue weighted by Crippen LogP contribution is 2.31. The summed E-state index contributed by atoms with van der Waals surface area (Å²) in [6.07, 6.45) is 2.26. The number of rotatable bonds is 4. The standard InChI is InChI=1S/C23H25F2N3O/c1-14(2)28-9-7-15(8-10-28)16-3-5-20-17(11-16)12-22(26-20)23(29)27-21-6-4-18(24)13-19(21)25/h3-6,11-15,26H,7-10H2,1-2H3,(H,27,29). The smallest absolute Gasteiger partial charge is 0.272 e. The molecule has 1 aliphatic rings. The van der Waals surface area contributed by atoms with Crippen LogP contribution in [0.5, 0.6) is 0 Å². The molecule has 0 atom stereocenters. The van der Waals surface area contributed by atoms with E-state index in [0.717, 1.165) is 49.0 Å². The number of carbonyl (C=O) groups is 1. The van der Waals surface area contributed by atoms with Crippen LogP contribution in [-0.2, 0) is 0 Å². The summed E-state index contributed by atoms with van der Waals surface area (Å²) in [5, 5.41) is 3.45. The van der Waals surface area contributed by atoms with Crippen molar-refractivity contribution in [3.63, 3.8) is 0 Å². The van der Waals surface area contributed by atoms with E-state index in [2.05, 4.69) is 41.2 Å². The highest BCUT2D eigenvalue weighted by Gasteiger charge is 2.22. The van der Waals surface area contributed by atoms with Crippen LogP contribution < -0.4 is 5.32 Å². The van der Waals surface area contributed by atoms with E-state index in [9.17, 15) is 13.6 Å². The van der Waals surface area contributed by atoms with Crippen LogP contribution >= 0.6 is 0 Å². The fourth-order valence-corrected chi connectivity index (χ4v) is 4.06. The highest BCUT2D eigenvalue weighted by atomic mass is 19.1. The number of piperidine rings is 1. The monoisotopic (exact) mass is 397 g/mol. The molecular weight excluding hydrogens is 372 g/mol. The van der Waals surface area contributed by atoms with Crippen molar-refractivity contribution in [1.29, 1.82) is 0 Å². The molecule has 0 unspecified atom stereocenters. The number of amides is 1. The fraction of sp³-hybridized carbons (Fsp3) is 0.348. The molecular formula is C23H25F2N3O. The van der Waals surface area contributed by atoms with E-state index >= 15 is 0 Å². The molecule has 3 aromatic rings. The van der Waals surface area contributed by atoms with Crippen molar-refractivity contribution < 1.29 is 13.6 Å². The minimum atomic E-state index is -0.801. The average molecular weight is 397 g/mol. The quantitative estimate of drug-likeness (QED) is 0.629. The topological polar surface area (TPSA) is 48.1 Å². The van der Waals surface area contributed by atoms with Crippen molar-refractivity contribution in [2.75, 3.05) is 18.4 Å². The molecule has 2 aromatic carbocycles. The lowest BCUT2D eigenvalue weighted by Gasteiger charge is -2.34. The van der Waals surface area contributed by atoms with Gasteiger partial charge < -0.3 is 15.2 Å². The van der Waals surface area contributed by atoms with Crippen LogP contribution in [0, 0.1) is 11.6 Å². The Kier molecular flexibility index (Phi) is 5.37. The first-order chi connectivity index (χ1) is 13.9. The van der Waals surface area contributed by atoms with Crippen molar-refractivity contribution in [3.8, 4) is 0 Å². The van der Waals surface area contributed by atoms with Gasteiger partial charge >= 0.3 is 0 Å². The number of nitrogens with zero attached hydrogens (tertiary/aromatic N) is 1. The van der Waals surface area contributed by atoms with E-state index in [1.54, 1.807) is 6.07 Å². The summed E-state index contributed by atoms with van der Waals surface area (Å²) in [4.78, 5) is 18.1. The summed E-state index contributed by atoms with van der Waals surface area (Å²) >= 11 is 0. The Bertz CT molecular complexity index is 1040. The Balaban J connectivity index is 1.50. The number of benzene rings is 2. The molecule has 1 aliphatic heterocycles. The lowest BCUT2D eigenvalue weighted by molar-refractivity contribution is 0.102. The molecule has 4 nitrogen and oxygen atoms in total. The maximum atomic E-state index is 13.8. The van der Waals surface area contributed by atoms with Gasteiger partial charge in [0, 0.05) is 23.0 Å². The molecule has 1 fully saturated rings. The van der Waals surface area contributed by atoms with Gasteiger partial charge in [-0.1, -0.05) is 6.07 Å². The fourth-order valence-electron chi connectivity index (χ4n) is 4.06. The maximum absolute atomic E-state index is 13.8. The maximum Gasteiger partial charge on any atom is 0.272 e. The van der Waals surface area contributed by atoms with E-state index in [4.69, 9.17) is 0 Å². The van der Waals surface area contributed by atoms with Crippen LogP contribution in [0.2, 0.25) is 0 Å². The molecule has 0 radical (unpaired) electrons. The molecule has 2 heterocycles. The number of likely N-dealkylation sites (tertiary alicyclic amines) is 1. The van der Waals surface area contributed by atoms with Crippen LogP contribution in [0.4, 0.5) is 14.5 Å². The molecule has 29 heavy (non-hydrogen) atoms. The van der Waals surface area contributed by atoms with Gasteiger partial charge in [-0.2, -0.15) is 0 Å². The summed E-state index contributed by atoms with van der Waals surface area (Å²) in [6.45, 7) is 6.67. The minimum Gasteiger partial charge on any atom is -0.351 e. The number of carbonyl (C=O) groups excluding carboxylic acids is 1. The number of fused-ring (bicyclic) bond motifs is 1. The van der Waals surface area contributed by atoms with E-state index in [-0.39, 0.29) is 5.69 Å². The van der Waals surface area contributed by atoms with E-state index < -0.39 is 17.5 Å². The number of H-pyrrole nitrogens is 1. The molecule has 152 valence electrons. The zero-order chi connectivity index (χ0) is 20.5. The SMILES string of the molecule is CC(C)N1CCC(c2ccc3[nH]c(C(=O)Nc4ccc(F)cc4F)cc3c2)CC1. The van der Waals surface area contributed by atoms with Crippen LogP contribution in [0.15, 0.2) is 42.5 Å². The summed E-state index contributed by atoms with van der Waals surface area (Å²) in [5.41, 5.74) is 2.44. The molecule has 0 saturated carbocycles. The molecule has 0 spiro atoms. The van der Waals surface area contributed by atoms with Gasteiger partial charge in [-0.25, -0.2) is 8.78 Å². The molecule has 0 aliphatic carbocycles. The third-order valence-corrected chi connectivity index (χ3v) is 5.80. The second kappa shape index (κ2) is 7.95. The molecule has 6 heteroatoms. The Morgan fingerprint density at radius 3 is 2.55 bits per heavy atom. The van der Waals surface area contributed by atoms with Crippen LogP contribution in [0.25, 0.3) is 10.9 Å². The first-order valence-electron chi connectivity index (χ1n) is 10.0. The molecule has 0 bridgehead atoms. The number of hydrogen-bond donors (Lipinski definition) is 2. The predicted octanol–water partition coefficient (Wildman–Crippen LogP) is 5.29. The van der Waals surface area contributed by atoms with Crippen LogP contribution in [-0.4, -0.2) is 34.9 Å². The number of anilines is 1. The summed E-state index contributed by atoms with van der Waals surface area (Å²) in [7, 11) is 0. The molecule has 1 aromatic heterocycles. The van der Waals surface area contributed by atoms with Gasteiger partial charge in [0.05, 0.1) is 5.69 Å². The zero-order valence-electron chi connectivity index (χ0n) is 16.6. The van der Waals surface area contributed by atoms with Crippen LogP contribution in [0.1, 0.15) is 48.7 Å². The highest BCUT2D eigenvalue weighted by molar-refractivity contribution is 6.06. The lowest BCUT2D eigenvalue weighted by atomic mass is 9.88. The van der Waals surface area contributed by atoms with Gasteiger partial charge in [0.1, 0.15) is 17.3 Å². The second-order valence-electron chi connectivity index (χ2n) is 8.01. The van der Waals surface area contributed by atoms with Gasteiger partial charge in [0.2, 0.25) is 0 Å². The first kappa shape index (κ1) is 19.6. The van der Waals surface area contributed by atoms with Gasteiger partial charge in [0.15, 0.2) is 0 Å². The molecule has 1 saturated heterocycles. The zero-order valence-corrected chi connectivity index (χ0v) is 16.6. The van der Waals surface area contributed by atoms with E-state index in [1.165, 1.54) is 11.6 Å². The number of halogens is 2. The van der Waals surface area contributed by atoms with Gasteiger partial charge in [-0.3, -0.25) is 4.79 Å². The Morgan fingerprint density at radius 2 is 1.86 bits per heavy atom. The Labute approximate surface area is 168 Å². The van der Waals surface area contributed by atoms with Crippen molar-refractivity contribution in [2.24, 2.45) is 0 Å². The number of nitrogens with one attached hydrogen (secondary N) is 2.